The third kappa shape index (κ3) is 4.52. The van der Waals surface area contributed by atoms with Gasteiger partial charge in [0, 0.05) is 28.9 Å². The van der Waals surface area contributed by atoms with Crippen molar-refractivity contribution in [1.29, 1.82) is 0 Å². The van der Waals surface area contributed by atoms with Crippen LogP contribution in [0.5, 0.6) is 0 Å². The molecule has 1 atom stereocenters. The molecule has 3 aromatic heterocycles. The van der Waals surface area contributed by atoms with E-state index < -0.39 is 0 Å². The van der Waals surface area contributed by atoms with Crippen LogP contribution in [0.2, 0.25) is 0 Å². The molecule has 1 aliphatic rings. The molecule has 0 aliphatic carbocycles. The lowest BCUT2D eigenvalue weighted by Crippen LogP contribution is -2.43. The van der Waals surface area contributed by atoms with Crippen molar-refractivity contribution < 1.29 is 14.1 Å². The minimum Gasteiger partial charge on any atom is -0.368 e. The normalized spacial score (nSPS) is 16.7. The van der Waals surface area contributed by atoms with Crippen LogP contribution < -0.4 is 5.32 Å². The molecule has 1 amide bonds. The number of hydrogen-bond acceptors (Lipinski definition) is 8. The summed E-state index contributed by atoms with van der Waals surface area (Å²) in [7, 11) is 0. The molecular formula is C21H25N5O3S. The van der Waals surface area contributed by atoms with Gasteiger partial charge in [0.2, 0.25) is 5.91 Å². The Morgan fingerprint density at radius 3 is 2.77 bits per heavy atom. The molecule has 1 aliphatic heterocycles. The molecule has 0 radical (unpaired) electrons. The second-order valence-corrected chi connectivity index (χ2v) is 8.38. The van der Waals surface area contributed by atoms with Gasteiger partial charge in [0.25, 0.3) is 0 Å². The summed E-state index contributed by atoms with van der Waals surface area (Å²) < 4.78 is 11.1. The third-order valence-electron chi connectivity index (χ3n) is 5.10. The van der Waals surface area contributed by atoms with E-state index in [9.17, 15) is 4.79 Å². The number of nitrogens with one attached hydrogen (secondary N) is 1. The average Bonchev–Trinajstić information content (AvgIpc) is 3.27. The largest absolute Gasteiger partial charge is 0.368 e. The zero-order valence-electron chi connectivity index (χ0n) is 17.6. The lowest BCUT2D eigenvalue weighted by atomic mass is 10.1. The van der Waals surface area contributed by atoms with E-state index in [-0.39, 0.29) is 18.4 Å². The summed E-state index contributed by atoms with van der Waals surface area (Å²) in [5.74, 6) is 0.737. The summed E-state index contributed by atoms with van der Waals surface area (Å²) in [5.41, 5.74) is 5.21. The van der Waals surface area contributed by atoms with E-state index in [1.165, 1.54) is 0 Å². The van der Waals surface area contributed by atoms with Crippen molar-refractivity contribution in [1.82, 2.24) is 20.0 Å². The predicted octanol–water partition coefficient (Wildman–Crippen LogP) is 3.65. The van der Waals surface area contributed by atoms with E-state index in [0.29, 0.717) is 25.5 Å². The quantitative estimate of drug-likeness (QED) is 0.664. The summed E-state index contributed by atoms with van der Waals surface area (Å²) >= 11 is 1.56. The van der Waals surface area contributed by atoms with Crippen molar-refractivity contribution >= 4 is 28.1 Å². The zero-order chi connectivity index (χ0) is 21.3. The number of rotatable bonds is 5. The van der Waals surface area contributed by atoms with Crippen LogP contribution in [0.3, 0.4) is 0 Å². The van der Waals surface area contributed by atoms with Crippen molar-refractivity contribution in [3.63, 3.8) is 0 Å². The van der Waals surface area contributed by atoms with E-state index in [0.717, 1.165) is 39.2 Å². The Kier molecular flexibility index (Phi) is 5.83. The van der Waals surface area contributed by atoms with Gasteiger partial charge in [-0.25, -0.2) is 4.98 Å². The van der Waals surface area contributed by atoms with Crippen LogP contribution >= 0.6 is 11.3 Å². The molecule has 4 heterocycles. The Balaban J connectivity index is 1.48. The fourth-order valence-electron chi connectivity index (χ4n) is 3.54. The van der Waals surface area contributed by atoms with E-state index in [1.54, 1.807) is 11.3 Å². The first-order valence-corrected chi connectivity index (χ1v) is 10.8. The second kappa shape index (κ2) is 8.53. The second-order valence-electron chi connectivity index (χ2n) is 7.52. The van der Waals surface area contributed by atoms with Crippen LogP contribution in [0.25, 0.3) is 0 Å². The van der Waals surface area contributed by atoms with Gasteiger partial charge in [-0.1, -0.05) is 5.16 Å². The molecule has 0 aromatic carbocycles. The molecule has 3 aromatic rings. The summed E-state index contributed by atoms with van der Waals surface area (Å²) in [6.07, 6.45) is 0.0107. The van der Waals surface area contributed by atoms with Gasteiger partial charge in [-0.05, 0) is 39.8 Å². The van der Waals surface area contributed by atoms with Gasteiger partial charge in [-0.2, -0.15) is 0 Å². The minimum absolute atomic E-state index is 0.0435. The lowest BCUT2D eigenvalue weighted by Gasteiger charge is -2.33. The maximum atomic E-state index is 12.9. The lowest BCUT2D eigenvalue weighted by molar-refractivity contribution is -0.138. The van der Waals surface area contributed by atoms with Crippen LogP contribution in [-0.2, 0) is 16.0 Å². The molecule has 0 bridgehead atoms. The fraction of sp³-hybridized carbons (Fsp3) is 0.429. The summed E-state index contributed by atoms with van der Waals surface area (Å²) in [5, 5.41) is 10.1. The first kappa shape index (κ1) is 20.5. The number of aromatic nitrogens is 3. The molecule has 1 unspecified atom stereocenters. The number of amides is 1. The van der Waals surface area contributed by atoms with Crippen molar-refractivity contribution in [3.8, 4) is 0 Å². The Morgan fingerprint density at radius 2 is 2.07 bits per heavy atom. The van der Waals surface area contributed by atoms with Gasteiger partial charge in [-0.3, -0.25) is 9.78 Å². The molecule has 30 heavy (non-hydrogen) atoms. The molecule has 4 rings (SSSR count). The van der Waals surface area contributed by atoms with Crippen LogP contribution in [0.4, 0.5) is 10.8 Å². The van der Waals surface area contributed by atoms with Crippen molar-refractivity contribution in [3.05, 3.63) is 51.6 Å². The molecule has 9 heteroatoms. The van der Waals surface area contributed by atoms with Gasteiger partial charge < -0.3 is 19.5 Å². The topological polar surface area (TPSA) is 93.4 Å². The monoisotopic (exact) mass is 427 g/mol. The molecule has 0 spiro atoms. The Hall–Kier alpha value is -2.78. The first-order chi connectivity index (χ1) is 14.4. The molecule has 0 saturated carbocycles. The summed E-state index contributed by atoms with van der Waals surface area (Å²) in [6.45, 7) is 9.11. The SMILES string of the molecule is Cc1cc(Nc2nc(C)cs2)cc(C2CN(C(=O)Cc3c(C)noc3C)CCO2)n1. The van der Waals surface area contributed by atoms with Crippen LogP contribution in [0.15, 0.2) is 22.0 Å². The van der Waals surface area contributed by atoms with Gasteiger partial charge in [0.15, 0.2) is 5.13 Å². The predicted molar refractivity (Wildman–Crippen MR) is 114 cm³/mol. The van der Waals surface area contributed by atoms with E-state index in [2.05, 4.69) is 20.4 Å². The highest BCUT2D eigenvalue weighted by Crippen LogP contribution is 2.27. The van der Waals surface area contributed by atoms with E-state index >= 15 is 0 Å². The molecular weight excluding hydrogens is 402 g/mol. The van der Waals surface area contributed by atoms with E-state index in [1.807, 2.05) is 50.1 Å². The first-order valence-electron chi connectivity index (χ1n) is 9.88. The Labute approximate surface area is 179 Å². The van der Waals surface area contributed by atoms with Gasteiger partial charge in [0.05, 0.1) is 36.7 Å². The zero-order valence-corrected chi connectivity index (χ0v) is 18.4. The number of pyridine rings is 1. The molecule has 8 nitrogen and oxygen atoms in total. The number of ether oxygens (including phenoxy) is 1. The molecule has 1 saturated heterocycles. The van der Waals surface area contributed by atoms with Crippen molar-refractivity contribution in [2.75, 3.05) is 25.0 Å². The standard InChI is InChI=1S/C21H25N5O3S/c1-12-7-16(24-21-23-13(2)11-30-21)8-18(22-12)19-10-26(5-6-28-19)20(27)9-17-14(3)25-29-15(17)4/h7-8,11,19H,5-6,9-10H2,1-4H3,(H,22,23,24). The maximum absolute atomic E-state index is 12.9. The molecule has 1 N–H and O–H groups in total. The van der Waals surface area contributed by atoms with Crippen LogP contribution in [0, 0.1) is 27.7 Å². The Bertz CT molecular complexity index is 1040. The van der Waals surface area contributed by atoms with Gasteiger partial charge >= 0.3 is 0 Å². The summed E-state index contributed by atoms with van der Waals surface area (Å²) in [6, 6.07) is 3.94. The highest BCUT2D eigenvalue weighted by Gasteiger charge is 2.28. The highest BCUT2D eigenvalue weighted by atomic mass is 32.1. The minimum atomic E-state index is -0.272. The van der Waals surface area contributed by atoms with Gasteiger partial charge in [-0.15, -0.1) is 11.3 Å². The van der Waals surface area contributed by atoms with Crippen LogP contribution in [0.1, 0.15) is 40.2 Å². The fourth-order valence-corrected chi connectivity index (χ4v) is 4.25. The number of carbonyl (C=O) groups is 1. The number of carbonyl (C=O) groups excluding carboxylic acids is 1. The highest BCUT2D eigenvalue weighted by molar-refractivity contribution is 7.13. The van der Waals surface area contributed by atoms with Crippen LogP contribution in [-0.4, -0.2) is 45.6 Å². The number of morpholine rings is 1. The molecule has 158 valence electrons. The number of anilines is 2. The van der Waals surface area contributed by atoms with Gasteiger partial charge in [0.1, 0.15) is 11.9 Å². The maximum Gasteiger partial charge on any atom is 0.227 e. The third-order valence-corrected chi connectivity index (χ3v) is 5.98. The summed E-state index contributed by atoms with van der Waals surface area (Å²) in [4.78, 5) is 23.8. The average molecular weight is 428 g/mol. The number of aryl methyl sites for hydroxylation is 4. The number of hydrogen-bond donors (Lipinski definition) is 1. The van der Waals surface area contributed by atoms with Crippen molar-refractivity contribution in [2.24, 2.45) is 0 Å². The smallest absolute Gasteiger partial charge is 0.227 e. The van der Waals surface area contributed by atoms with E-state index in [4.69, 9.17) is 9.26 Å². The van der Waals surface area contributed by atoms with Crippen molar-refractivity contribution in [2.45, 2.75) is 40.2 Å². The number of thiazole rings is 1. The number of nitrogens with zero attached hydrogens (tertiary/aromatic N) is 4. The molecule has 1 fully saturated rings. The Morgan fingerprint density at radius 1 is 1.23 bits per heavy atom.